The molecular weight excluding hydrogens is 422 g/mol. The maximum atomic E-state index is 12.2. The van der Waals surface area contributed by atoms with Gasteiger partial charge in [0.25, 0.3) is 0 Å². The summed E-state index contributed by atoms with van der Waals surface area (Å²) in [7, 11) is -1.28. The van der Waals surface area contributed by atoms with Crippen LogP contribution in [0.4, 0.5) is 11.4 Å². The van der Waals surface area contributed by atoms with Gasteiger partial charge in [0.1, 0.15) is 0 Å². The topological polar surface area (TPSA) is 98.2 Å². The van der Waals surface area contributed by atoms with Gasteiger partial charge in [0.2, 0.25) is 10.0 Å². The minimum atomic E-state index is -3.13. The number of nitrogens with one attached hydrogen (secondary N) is 3. The van der Waals surface area contributed by atoms with Crippen molar-refractivity contribution in [2.24, 2.45) is 0 Å². The molecular formula is C24H29N5O2S. The Morgan fingerprint density at radius 3 is 2.56 bits per heavy atom. The van der Waals surface area contributed by atoms with Crippen molar-refractivity contribution in [1.29, 1.82) is 5.41 Å². The largest absolute Gasteiger partial charge is 0.388 e. The molecule has 0 aliphatic carbocycles. The molecule has 8 heteroatoms. The Labute approximate surface area is 189 Å². The molecule has 1 saturated heterocycles. The Morgan fingerprint density at radius 1 is 1.12 bits per heavy atom. The van der Waals surface area contributed by atoms with Crippen molar-refractivity contribution in [3.8, 4) is 11.1 Å². The summed E-state index contributed by atoms with van der Waals surface area (Å²) in [6.07, 6.45) is 6.54. The van der Waals surface area contributed by atoms with Crippen molar-refractivity contribution in [1.82, 2.24) is 9.29 Å². The second-order valence-electron chi connectivity index (χ2n) is 8.04. The lowest BCUT2D eigenvalue weighted by Crippen LogP contribution is -2.42. The van der Waals surface area contributed by atoms with Gasteiger partial charge in [0.05, 0.1) is 5.75 Å². The van der Waals surface area contributed by atoms with E-state index >= 15 is 0 Å². The smallest absolute Gasteiger partial charge is 0.213 e. The SMILES string of the molecule is CCS(=O)(=O)N1CCC(Nc2cc(-c3ccc(C=N)c(NC)c3)cc3ccncc23)CC1. The van der Waals surface area contributed by atoms with Crippen LogP contribution in [0.1, 0.15) is 25.3 Å². The van der Waals surface area contributed by atoms with Crippen LogP contribution >= 0.6 is 0 Å². The summed E-state index contributed by atoms with van der Waals surface area (Å²) in [5.41, 5.74) is 4.89. The number of aromatic nitrogens is 1. The molecule has 32 heavy (non-hydrogen) atoms. The Kier molecular flexibility index (Phi) is 6.43. The summed E-state index contributed by atoms with van der Waals surface area (Å²) in [4.78, 5) is 4.31. The molecule has 0 spiro atoms. The minimum Gasteiger partial charge on any atom is -0.388 e. The molecule has 4 rings (SSSR count). The fourth-order valence-electron chi connectivity index (χ4n) is 4.24. The van der Waals surface area contributed by atoms with E-state index in [1.54, 1.807) is 17.4 Å². The number of piperidine rings is 1. The molecule has 0 radical (unpaired) electrons. The van der Waals surface area contributed by atoms with E-state index in [2.05, 4.69) is 33.8 Å². The predicted octanol–water partition coefficient (Wildman–Crippen LogP) is 4.17. The maximum absolute atomic E-state index is 12.2. The van der Waals surface area contributed by atoms with E-state index in [-0.39, 0.29) is 11.8 Å². The quantitative estimate of drug-likeness (QED) is 0.469. The molecule has 0 bridgehead atoms. The van der Waals surface area contributed by atoms with Crippen LogP contribution in [0.15, 0.2) is 48.8 Å². The number of hydrogen-bond acceptors (Lipinski definition) is 6. The molecule has 0 amide bonds. The van der Waals surface area contributed by atoms with Crippen LogP contribution in [0.25, 0.3) is 21.9 Å². The maximum Gasteiger partial charge on any atom is 0.213 e. The molecule has 7 nitrogen and oxygen atoms in total. The number of sulfonamides is 1. The van der Waals surface area contributed by atoms with Gasteiger partial charge >= 0.3 is 0 Å². The van der Waals surface area contributed by atoms with Crippen molar-refractivity contribution in [3.63, 3.8) is 0 Å². The van der Waals surface area contributed by atoms with Crippen molar-refractivity contribution >= 4 is 38.4 Å². The fourth-order valence-corrected chi connectivity index (χ4v) is 5.38. The van der Waals surface area contributed by atoms with Crippen LogP contribution < -0.4 is 10.6 Å². The van der Waals surface area contributed by atoms with Crippen molar-refractivity contribution in [2.75, 3.05) is 36.5 Å². The van der Waals surface area contributed by atoms with E-state index in [4.69, 9.17) is 5.41 Å². The van der Waals surface area contributed by atoms with Gasteiger partial charge in [0.15, 0.2) is 0 Å². The molecule has 168 valence electrons. The van der Waals surface area contributed by atoms with E-state index in [1.807, 2.05) is 31.4 Å². The first-order valence-corrected chi connectivity index (χ1v) is 12.5. The van der Waals surface area contributed by atoms with Crippen LogP contribution in [0.5, 0.6) is 0 Å². The van der Waals surface area contributed by atoms with Crippen LogP contribution in [0.2, 0.25) is 0 Å². The van der Waals surface area contributed by atoms with Crippen molar-refractivity contribution < 1.29 is 8.42 Å². The Morgan fingerprint density at radius 2 is 1.88 bits per heavy atom. The number of nitrogens with zero attached hydrogens (tertiary/aromatic N) is 2. The van der Waals surface area contributed by atoms with Gasteiger partial charge in [0, 0.05) is 67.1 Å². The lowest BCUT2D eigenvalue weighted by molar-refractivity contribution is 0.330. The third-order valence-corrected chi connectivity index (χ3v) is 8.02. The second-order valence-corrected chi connectivity index (χ2v) is 10.3. The van der Waals surface area contributed by atoms with Gasteiger partial charge in [-0.15, -0.1) is 0 Å². The highest BCUT2D eigenvalue weighted by Crippen LogP contribution is 2.33. The predicted molar refractivity (Wildman–Crippen MR) is 132 cm³/mol. The molecule has 1 aromatic heterocycles. The Bertz CT molecular complexity index is 1230. The number of benzene rings is 2. The molecule has 3 aromatic rings. The monoisotopic (exact) mass is 451 g/mol. The number of rotatable bonds is 7. The van der Waals surface area contributed by atoms with Crippen molar-refractivity contribution in [3.05, 3.63) is 54.4 Å². The molecule has 0 atom stereocenters. The number of fused-ring (bicyclic) bond motifs is 1. The molecule has 2 heterocycles. The number of anilines is 2. The Hall–Kier alpha value is -2.97. The lowest BCUT2D eigenvalue weighted by atomic mass is 9.98. The zero-order valence-corrected chi connectivity index (χ0v) is 19.2. The van der Waals surface area contributed by atoms with Gasteiger partial charge in [-0.3, -0.25) is 4.98 Å². The highest BCUT2D eigenvalue weighted by Gasteiger charge is 2.27. The molecule has 2 aromatic carbocycles. The van der Waals surface area contributed by atoms with Gasteiger partial charge < -0.3 is 16.0 Å². The molecule has 3 N–H and O–H groups in total. The van der Waals surface area contributed by atoms with Gasteiger partial charge in [-0.2, -0.15) is 0 Å². The van der Waals surface area contributed by atoms with Crippen LogP contribution in [-0.4, -0.2) is 55.9 Å². The van der Waals surface area contributed by atoms with Gasteiger partial charge in [-0.25, -0.2) is 12.7 Å². The third-order valence-electron chi connectivity index (χ3n) is 6.14. The minimum absolute atomic E-state index is 0.148. The Balaban J connectivity index is 1.65. The summed E-state index contributed by atoms with van der Waals surface area (Å²) in [5.74, 6) is 0.148. The zero-order chi connectivity index (χ0) is 22.7. The first-order valence-electron chi connectivity index (χ1n) is 10.9. The summed E-state index contributed by atoms with van der Waals surface area (Å²) < 4.78 is 25.9. The standard InChI is InChI=1S/C24H29N5O2S/c1-3-32(30,31)29-10-7-21(8-11-29)28-24-14-20(12-18-6-9-27-16-22(18)24)17-4-5-19(15-25)23(13-17)26-2/h4-6,9,12-16,21,25-26,28H,3,7-8,10-11H2,1-2H3. The summed E-state index contributed by atoms with van der Waals surface area (Å²) >= 11 is 0. The van der Waals surface area contributed by atoms with Gasteiger partial charge in [-0.1, -0.05) is 12.1 Å². The average Bonchev–Trinajstić information content (AvgIpc) is 2.83. The highest BCUT2D eigenvalue weighted by atomic mass is 32.2. The molecule has 0 saturated carbocycles. The van der Waals surface area contributed by atoms with E-state index in [0.29, 0.717) is 13.1 Å². The summed E-state index contributed by atoms with van der Waals surface area (Å²) in [6.45, 7) is 2.78. The second kappa shape index (κ2) is 9.26. The summed E-state index contributed by atoms with van der Waals surface area (Å²) in [6, 6.07) is 12.5. The van der Waals surface area contributed by atoms with Crippen LogP contribution in [-0.2, 0) is 10.0 Å². The average molecular weight is 452 g/mol. The van der Waals surface area contributed by atoms with E-state index in [9.17, 15) is 8.42 Å². The van der Waals surface area contributed by atoms with Crippen LogP contribution in [0, 0.1) is 5.41 Å². The number of hydrogen-bond donors (Lipinski definition) is 3. The van der Waals surface area contributed by atoms with Crippen LogP contribution in [0.3, 0.4) is 0 Å². The van der Waals surface area contributed by atoms with E-state index < -0.39 is 10.0 Å². The molecule has 1 aliphatic rings. The number of pyridine rings is 1. The van der Waals surface area contributed by atoms with Crippen molar-refractivity contribution in [2.45, 2.75) is 25.8 Å². The summed E-state index contributed by atoms with van der Waals surface area (Å²) in [5, 5.41) is 16.6. The molecule has 0 unspecified atom stereocenters. The van der Waals surface area contributed by atoms with E-state index in [1.165, 1.54) is 6.21 Å². The lowest BCUT2D eigenvalue weighted by Gasteiger charge is -2.32. The molecule has 1 fully saturated rings. The zero-order valence-electron chi connectivity index (χ0n) is 18.4. The van der Waals surface area contributed by atoms with Gasteiger partial charge in [-0.05, 0) is 60.5 Å². The normalized spacial score (nSPS) is 15.6. The van der Waals surface area contributed by atoms with E-state index in [0.717, 1.165) is 51.7 Å². The first-order chi connectivity index (χ1) is 15.4. The molecule has 1 aliphatic heterocycles. The highest BCUT2D eigenvalue weighted by molar-refractivity contribution is 7.89. The fraction of sp³-hybridized carbons (Fsp3) is 0.333. The third kappa shape index (κ3) is 4.47. The first kappa shape index (κ1) is 22.2.